The number of halogens is 1. The number of aromatic nitrogens is 2. The second-order valence-electron chi connectivity index (χ2n) is 4.72. The molecule has 0 spiro atoms. The highest BCUT2D eigenvalue weighted by molar-refractivity contribution is 5.41. The number of benzene rings is 1. The lowest BCUT2D eigenvalue weighted by Crippen LogP contribution is -2.10. The van der Waals surface area contributed by atoms with Crippen molar-refractivity contribution in [2.24, 2.45) is 5.84 Å². The van der Waals surface area contributed by atoms with E-state index in [9.17, 15) is 4.39 Å². The molecule has 0 radical (unpaired) electrons. The van der Waals surface area contributed by atoms with E-state index in [1.165, 1.54) is 18.2 Å². The Labute approximate surface area is 120 Å². The molecule has 21 heavy (non-hydrogen) atoms. The Morgan fingerprint density at radius 2 is 2.14 bits per heavy atom. The molecule has 6 nitrogen and oxygen atoms in total. The van der Waals surface area contributed by atoms with Gasteiger partial charge < -0.3 is 10.2 Å². The van der Waals surface area contributed by atoms with Gasteiger partial charge in [0.1, 0.15) is 29.3 Å². The average molecular weight is 285 g/mol. The SMILES string of the molecule is N#Cc1ccc(Oc2cc(NN)nc(C3CC3)n2)cc1F. The number of nitrogens with two attached hydrogens (primary N) is 1. The van der Waals surface area contributed by atoms with E-state index in [4.69, 9.17) is 15.8 Å². The van der Waals surface area contributed by atoms with E-state index < -0.39 is 5.82 Å². The predicted molar refractivity (Wildman–Crippen MR) is 73.0 cm³/mol. The lowest BCUT2D eigenvalue weighted by atomic mass is 10.2. The summed E-state index contributed by atoms with van der Waals surface area (Å²) in [6.45, 7) is 0. The van der Waals surface area contributed by atoms with Crippen molar-refractivity contribution in [2.75, 3.05) is 5.43 Å². The van der Waals surface area contributed by atoms with Crippen LogP contribution in [-0.4, -0.2) is 9.97 Å². The molecular formula is C14H12FN5O. The largest absolute Gasteiger partial charge is 0.439 e. The number of hydrogen-bond acceptors (Lipinski definition) is 6. The molecule has 1 aromatic carbocycles. The number of nitriles is 1. The molecule has 3 rings (SSSR count). The first-order chi connectivity index (χ1) is 10.2. The molecule has 0 aliphatic heterocycles. The first-order valence-electron chi connectivity index (χ1n) is 6.42. The van der Waals surface area contributed by atoms with Crippen LogP contribution < -0.4 is 16.0 Å². The van der Waals surface area contributed by atoms with Crippen LogP contribution >= 0.6 is 0 Å². The monoisotopic (exact) mass is 285 g/mol. The molecule has 1 heterocycles. The first-order valence-corrected chi connectivity index (χ1v) is 6.42. The second kappa shape index (κ2) is 5.34. The normalized spacial score (nSPS) is 13.6. The van der Waals surface area contributed by atoms with Crippen LogP contribution in [0.1, 0.15) is 30.1 Å². The predicted octanol–water partition coefficient (Wildman–Crippen LogP) is 2.44. The van der Waals surface area contributed by atoms with Gasteiger partial charge in [-0.3, -0.25) is 0 Å². The Morgan fingerprint density at radius 3 is 2.76 bits per heavy atom. The zero-order valence-corrected chi connectivity index (χ0v) is 11.0. The summed E-state index contributed by atoms with van der Waals surface area (Å²) in [6, 6.07) is 7.30. The van der Waals surface area contributed by atoms with Gasteiger partial charge in [0.05, 0.1) is 5.56 Å². The number of ether oxygens (including phenoxy) is 1. The third-order valence-electron chi connectivity index (χ3n) is 3.09. The van der Waals surface area contributed by atoms with Gasteiger partial charge in [-0.25, -0.2) is 15.2 Å². The molecule has 1 aliphatic carbocycles. The van der Waals surface area contributed by atoms with Gasteiger partial charge in [-0.05, 0) is 25.0 Å². The first kappa shape index (κ1) is 13.3. The summed E-state index contributed by atoms with van der Waals surface area (Å²) in [5.41, 5.74) is 2.42. The maximum atomic E-state index is 13.5. The van der Waals surface area contributed by atoms with Gasteiger partial charge in [0.25, 0.3) is 0 Å². The van der Waals surface area contributed by atoms with E-state index in [-0.39, 0.29) is 17.2 Å². The number of anilines is 1. The molecule has 106 valence electrons. The number of hydrogen-bond donors (Lipinski definition) is 2. The van der Waals surface area contributed by atoms with Crippen LogP contribution in [0, 0.1) is 17.1 Å². The maximum absolute atomic E-state index is 13.5. The van der Waals surface area contributed by atoms with Crippen LogP contribution in [0.25, 0.3) is 0 Å². The molecular weight excluding hydrogens is 273 g/mol. The van der Waals surface area contributed by atoms with Crippen molar-refractivity contribution < 1.29 is 9.13 Å². The van der Waals surface area contributed by atoms with Crippen LogP contribution in [0.4, 0.5) is 10.2 Å². The smallest absolute Gasteiger partial charge is 0.224 e. The Kier molecular flexibility index (Phi) is 3.38. The summed E-state index contributed by atoms with van der Waals surface area (Å²) < 4.78 is 19.1. The van der Waals surface area contributed by atoms with E-state index in [0.29, 0.717) is 17.6 Å². The summed E-state index contributed by atoms with van der Waals surface area (Å²) in [4.78, 5) is 8.55. The molecule has 0 unspecified atom stereocenters. The Balaban J connectivity index is 1.88. The molecule has 1 aromatic heterocycles. The van der Waals surface area contributed by atoms with Gasteiger partial charge in [0.15, 0.2) is 0 Å². The second-order valence-corrected chi connectivity index (χ2v) is 4.72. The number of hydrazine groups is 1. The van der Waals surface area contributed by atoms with Crippen molar-refractivity contribution in [3.8, 4) is 17.7 Å². The van der Waals surface area contributed by atoms with E-state index in [1.54, 1.807) is 6.07 Å². The molecule has 7 heteroatoms. The summed E-state index contributed by atoms with van der Waals surface area (Å²) in [7, 11) is 0. The van der Waals surface area contributed by atoms with Gasteiger partial charge in [-0.15, -0.1) is 0 Å². The van der Waals surface area contributed by atoms with E-state index >= 15 is 0 Å². The zero-order chi connectivity index (χ0) is 14.8. The molecule has 0 atom stereocenters. The van der Waals surface area contributed by atoms with E-state index in [0.717, 1.165) is 18.9 Å². The Bertz CT molecular complexity index is 724. The minimum absolute atomic E-state index is 0.0342. The van der Waals surface area contributed by atoms with E-state index in [2.05, 4.69) is 15.4 Å². The fourth-order valence-corrected chi connectivity index (χ4v) is 1.86. The lowest BCUT2D eigenvalue weighted by Gasteiger charge is -2.09. The van der Waals surface area contributed by atoms with Gasteiger partial charge in [0.2, 0.25) is 5.88 Å². The molecule has 2 aromatic rings. The van der Waals surface area contributed by atoms with Crippen LogP contribution in [0.15, 0.2) is 24.3 Å². The summed E-state index contributed by atoms with van der Waals surface area (Å²) in [6.07, 6.45) is 2.08. The number of nitrogen functional groups attached to an aromatic ring is 1. The molecule has 0 saturated heterocycles. The minimum Gasteiger partial charge on any atom is -0.439 e. The summed E-state index contributed by atoms with van der Waals surface area (Å²) >= 11 is 0. The Morgan fingerprint density at radius 1 is 1.33 bits per heavy atom. The third kappa shape index (κ3) is 2.90. The molecule has 0 bridgehead atoms. The maximum Gasteiger partial charge on any atom is 0.224 e. The van der Waals surface area contributed by atoms with Crippen LogP contribution in [0.2, 0.25) is 0 Å². The summed E-state index contributed by atoms with van der Waals surface area (Å²) in [5, 5.41) is 8.70. The molecule has 3 N–H and O–H groups in total. The topological polar surface area (TPSA) is 96.8 Å². The summed E-state index contributed by atoms with van der Waals surface area (Å²) in [5.74, 6) is 6.71. The van der Waals surface area contributed by atoms with Crippen LogP contribution in [0.5, 0.6) is 11.6 Å². The molecule has 1 fully saturated rings. The highest BCUT2D eigenvalue weighted by atomic mass is 19.1. The Hall–Kier alpha value is -2.72. The number of nitrogens with zero attached hydrogens (tertiary/aromatic N) is 3. The fraction of sp³-hybridized carbons (Fsp3) is 0.214. The van der Waals surface area contributed by atoms with Crippen molar-refractivity contribution >= 4 is 5.82 Å². The van der Waals surface area contributed by atoms with E-state index in [1.807, 2.05) is 0 Å². The number of nitrogens with one attached hydrogen (secondary N) is 1. The van der Waals surface area contributed by atoms with Crippen molar-refractivity contribution in [2.45, 2.75) is 18.8 Å². The molecule has 1 saturated carbocycles. The van der Waals surface area contributed by atoms with Gasteiger partial charge in [-0.2, -0.15) is 10.2 Å². The highest BCUT2D eigenvalue weighted by Gasteiger charge is 2.27. The van der Waals surface area contributed by atoms with Crippen molar-refractivity contribution in [1.82, 2.24) is 9.97 Å². The van der Waals surface area contributed by atoms with Gasteiger partial charge in [-0.1, -0.05) is 0 Å². The van der Waals surface area contributed by atoms with Crippen LogP contribution in [-0.2, 0) is 0 Å². The van der Waals surface area contributed by atoms with Crippen molar-refractivity contribution in [1.29, 1.82) is 5.26 Å². The van der Waals surface area contributed by atoms with Gasteiger partial charge in [0, 0.05) is 18.1 Å². The zero-order valence-electron chi connectivity index (χ0n) is 11.0. The molecule has 1 aliphatic rings. The highest BCUT2D eigenvalue weighted by Crippen LogP contribution is 2.39. The minimum atomic E-state index is -0.636. The van der Waals surface area contributed by atoms with Crippen molar-refractivity contribution in [3.63, 3.8) is 0 Å². The van der Waals surface area contributed by atoms with Crippen molar-refractivity contribution in [3.05, 3.63) is 41.5 Å². The molecule has 0 amide bonds. The van der Waals surface area contributed by atoms with Gasteiger partial charge >= 0.3 is 0 Å². The fourth-order valence-electron chi connectivity index (χ4n) is 1.86. The number of rotatable bonds is 4. The van der Waals surface area contributed by atoms with Crippen LogP contribution in [0.3, 0.4) is 0 Å². The lowest BCUT2D eigenvalue weighted by molar-refractivity contribution is 0.454. The average Bonchev–Trinajstić information content (AvgIpc) is 3.32. The quantitative estimate of drug-likeness (QED) is 0.661. The standard InChI is InChI=1S/C14H12FN5O/c15-11-5-10(4-3-9(11)7-16)21-13-6-12(20-17)18-14(19-13)8-1-2-8/h3-6,8H,1-2,17H2,(H,18,19,20). The third-order valence-corrected chi connectivity index (χ3v) is 3.09.